The highest BCUT2D eigenvalue weighted by molar-refractivity contribution is 6.74. The van der Waals surface area contributed by atoms with Crippen molar-refractivity contribution in [2.45, 2.75) is 57.5 Å². The van der Waals surface area contributed by atoms with E-state index in [-0.39, 0.29) is 29.7 Å². The van der Waals surface area contributed by atoms with E-state index in [2.05, 4.69) is 39.2 Å². The zero-order chi connectivity index (χ0) is 12.6. The third-order valence-corrected chi connectivity index (χ3v) is 8.09. The molecule has 5 heteroatoms. The first-order chi connectivity index (χ1) is 7.17. The van der Waals surface area contributed by atoms with Crippen molar-refractivity contribution in [1.82, 2.24) is 5.32 Å². The lowest BCUT2D eigenvalue weighted by molar-refractivity contribution is -0.125. The molecule has 0 unspecified atom stereocenters. The number of rotatable bonds is 3. The van der Waals surface area contributed by atoms with Crippen molar-refractivity contribution in [2.75, 3.05) is 6.61 Å². The second-order valence-electron chi connectivity index (χ2n) is 5.99. The van der Waals surface area contributed by atoms with Crippen molar-refractivity contribution in [3.8, 4) is 0 Å². The van der Waals surface area contributed by atoms with Crippen LogP contribution in [0.5, 0.6) is 0 Å². The van der Waals surface area contributed by atoms with Gasteiger partial charge in [-0.3, -0.25) is 4.79 Å². The zero-order valence-corrected chi connectivity index (χ0v) is 11.8. The third kappa shape index (κ3) is 2.84. The van der Waals surface area contributed by atoms with Crippen LogP contribution in [-0.4, -0.2) is 38.1 Å². The van der Waals surface area contributed by atoms with Gasteiger partial charge in [-0.05, 0) is 18.1 Å². The van der Waals surface area contributed by atoms with Gasteiger partial charge in [0.25, 0.3) is 0 Å². The second kappa shape index (κ2) is 4.47. The SMILES string of the molecule is CC(C)(C)[Si](C)(C)O[C@@H]1C[C@@H](CO)NC1=O. The first-order valence-electron chi connectivity index (χ1n) is 5.76. The van der Waals surface area contributed by atoms with Crippen LogP contribution in [0.4, 0.5) is 0 Å². The summed E-state index contributed by atoms with van der Waals surface area (Å²) in [6, 6.07) is -0.137. The number of hydrogen-bond donors (Lipinski definition) is 2. The molecule has 1 fully saturated rings. The highest BCUT2D eigenvalue weighted by atomic mass is 28.4. The average Bonchev–Trinajstić information content (AvgIpc) is 2.44. The van der Waals surface area contributed by atoms with Gasteiger partial charge in [-0.25, -0.2) is 0 Å². The first kappa shape index (κ1) is 13.7. The van der Waals surface area contributed by atoms with Gasteiger partial charge in [0.2, 0.25) is 5.91 Å². The average molecular weight is 245 g/mol. The molecule has 16 heavy (non-hydrogen) atoms. The Morgan fingerprint density at radius 1 is 1.50 bits per heavy atom. The Morgan fingerprint density at radius 2 is 2.06 bits per heavy atom. The molecule has 2 atom stereocenters. The van der Waals surface area contributed by atoms with Gasteiger partial charge in [-0.15, -0.1) is 0 Å². The molecule has 0 spiro atoms. The Labute approximate surface area is 98.5 Å². The van der Waals surface area contributed by atoms with Crippen molar-refractivity contribution in [3.63, 3.8) is 0 Å². The largest absolute Gasteiger partial charge is 0.405 e. The number of carbonyl (C=O) groups is 1. The molecule has 1 aliphatic heterocycles. The molecule has 2 N–H and O–H groups in total. The first-order valence-corrected chi connectivity index (χ1v) is 8.67. The molecule has 1 aliphatic rings. The van der Waals surface area contributed by atoms with Gasteiger partial charge in [0, 0.05) is 6.42 Å². The minimum absolute atomic E-state index is 0.0108. The number of carbonyl (C=O) groups excluding carboxylic acids is 1. The molecule has 0 bridgehead atoms. The molecule has 4 nitrogen and oxygen atoms in total. The van der Waals surface area contributed by atoms with Gasteiger partial charge in [-0.1, -0.05) is 20.8 Å². The molecule has 0 saturated carbocycles. The van der Waals surface area contributed by atoms with E-state index in [4.69, 9.17) is 9.53 Å². The van der Waals surface area contributed by atoms with Gasteiger partial charge in [0.05, 0.1) is 12.6 Å². The van der Waals surface area contributed by atoms with Gasteiger partial charge < -0.3 is 14.8 Å². The normalized spacial score (nSPS) is 27.0. The fourth-order valence-corrected chi connectivity index (χ4v) is 2.74. The minimum Gasteiger partial charge on any atom is -0.405 e. The van der Waals surface area contributed by atoms with Crippen LogP contribution in [0.1, 0.15) is 27.2 Å². The van der Waals surface area contributed by atoms with E-state index in [1.165, 1.54) is 0 Å². The summed E-state index contributed by atoms with van der Waals surface area (Å²) in [5.74, 6) is -0.0797. The highest BCUT2D eigenvalue weighted by Crippen LogP contribution is 2.38. The van der Waals surface area contributed by atoms with Gasteiger partial charge in [0.1, 0.15) is 6.10 Å². The fraction of sp³-hybridized carbons (Fsp3) is 0.909. The molecule has 1 saturated heterocycles. The molecule has 0 radical (unpaired) electrons. The Balaban J connectivity index is 2.65. The van der Waals surface area contributed by atoms with Crippen LogP contribution in [0.3, 0.4) is 0 Å². The van der Waals surface area contributed by atoms with E-state index in [1.807, 2.05) is 0 Å². The van der Waals surface area contributed by atoms with Crippen molar-refractivity contribution >= 4 is 14.2 Å². The van der Waals surface area contributed by atoms with E-state index in [9.17, 15) is 4.79 Å². The number of nitrogens with one attached hydrogen (secondary N) is 1. The molecule has 1 amide bonds. The molecule has 1 heterocycles. The van der Waals surface area contributed by atoms with Crippen molar-refractivity contribution in [2.24, 2.45) is 0 Å². The van der Waals surface area contributed by atoms with Crippen LogP contribution in [0, 0.1) is 0 Å². The molecule has 0 aliphatic carbocycles. The maximum absolute atomic E-state index is 11.6. The van der Waals surface area contributed by atoms with E-state index in [0.717, 1.165) is 0 Å². The topological polar surface area (TPSA) is 58.6 Å². The van der Waals surface area contributed by atoms with Crippen LogP contribution in [0.15, 0.2) is 0 Å². The lowest BCUT2D eigenvalue weighted by Crippen LogP contribution is -2.45. The van der Waals surface area contributed by atoms with Gasteiger partial charge in [-0.2, -0.15) is 0 Å². The summed E-state index contributed by atoms with van der Waals surface area (Å²) in [6.45, 7) is 10.7. The Hall–Kier alpha value is -0.393. The summed E-state index contributed by atoms with van der Waals surface area (Å²) in [4.78, 5) is 11.6. The lowest BCUT2D eigenvalue weighted by Gasteiger charge is -2.37. The van der Waals surface area contributed by atoms with Crippen LogP contribution < -0.4 is 5.32 Å². The molecular weight excluding hydrogens is 222 g/mol. The Kier molecular flexibility index (Phi) is 3.82. The number of amides is 1. The quantitative estimate of drug-likeness (QED) is 0.736. The summed E-state index contributed by atoms with van der Waals surface area (Å²) in [5.41, 5.74) is 0. The summed E-state index contributed by atoms with van der Waals surface area (Å²) in [7, 11) is -1.90. The van der Waals surface area contributed by atoms with Gasteiger partial charge >= 0.3 is 0 Å². The maximum Gasteiger partial charge on any atom is 0.248 e. The summed E-state index contributed by atoms with van der Waals surface area (Å²) < 4.78 is 6.02. The predicted octanol–water partition coefficient (Wildman–Crippen LogP) is 1.26. The number of aliphatic hydroxyl groups is 1. The van der Waals surface area contributed by atoms with E-state index in [0.29, 0.717) is 6.42 Å². The van der Waals surface area contributed by atoms with Crippen molar-refractivity contribution in [1.29, 1.82) is 0 Å². The minimum atomic E-state index is -1.90. The summed E-state index contributed by atoms with van der Waals surface area (Å²) >= 11 is 0. The molecule has 1 rings (SSSR count). The Bertz CT molecular complexity index is 273. The maximum atomic E-state index is 11.6. The molecule has 0 aromatic heterocycles. The lowest BCUT2D eigenvalue weighted by atomic mass is 10.2. The smallest absolute Gasteiger partial charge is 0.248 e. The summed E-state index contributed by atoms with van der Waals surface area (Å²) in [6.07, 6.45) is 0.208. The summed E-state index contributed by atoms with van der Waals surface area (Å²) in [5, 5.41) is 11.8. The van der Waals surface area contributed by atoms with Crippen LogP contribution in [0.25, 0.3) is 0 Å². The van der Waals surface area contributed by atoms with Crippen LogP contribution >= 0.6 is 0 Å². The molecule has 94 valence electrons. The fourth-order valence-electron chi connectivity index (χ4n) is 1.47. The van der Waals surface area contributed by atoms with E-state index in [1.54, 1.807) is 0 Å². The predicted molar refractivity (Wildman–Crippen MR) is 65.7 cm³/mol. The Morgan fingerprint density at radius 3 is 2.44 bits per heavy atom. The standard InChI is InChI=1S/C11H23NO3Si/c1-11(2,3)16(4,5)15-9-6-8(7-13)12-10(9)14/h8-9,13H,6-7H2,1-5H3,(H,12,14)/t8-,9+/m0/s1. The molecular formula is C11H23NO3Si. The molecule has 0 aromatic rings. The van der Waals surface area contributed by atoms with Crippen LogP contribution in [0.2, 0.25) is 18.1 Å². The monoisotopic (exact) mass is 245 g/mol. The van der Waals surface area contributed by atoms with Crippen molar-refractivity contribution < 1.29 is 14.3 Å². The highest BCUT2D eigenvalue weighted by Gasteiger charge is 2.43. The third-order valence-electron chi connectivity index (χ3n) is 3.60. The van der Waals surface area contributed by atoms with E-state index < -0.39 is 8.32 Å². The zero-order valence-electron chi connectivity index (χ0n) is 10.8. The number of aliphatic hydroxyl groups excluding tert-OH is 1. The second-order valence-corrected chi connectivity index (χ2v) is 10.7. The van der Waals surface area contributed by atoms with Crippen molar-refractivity contribution in [3.05, 3.63) is 0 Å². The molecule has 0 aromatic carbocycles. The van der Waals surface area contributed by atoms with Gasteiger partial charge in [0.15, 0.2) is 8.32 Å². The van der Waals surface area contributed by atoms with Crippen LogP contribution in [-0.2, 0) is 9.22 Å². The number of hydrogen-bond acceptors (Lipinski definition) is 3. The van der Waals surface area contributed by atoms with E-state index >= 15 is 0 Å².